The molecule has 1 fully saturated rings. The fourth-order valence-corrected chi connectivity index (χ4v) is 2.06. The summed E-state index contributed by atoms with van der Waals surface area (Å²) in [5, 5.41) is 0.487. The molecule has 1 heterocycles. The third kappa shape index (κ3) is 3.61. The minimum atomic E-state index is -0.0922. The van der Waals surface area contributed by atoms with Gasteiger partial charge in [0.2, 0.25) is 6.41 Å². The molecule has 2 amide bonds. The normalized spacial score (nSPS) is 15.2. The average Bonchev–Trinajstić information content (AvgIpc) is 2.46. The molecule has 0 bridgehead atoms. The van der Waals surface area contributed by atoms with Crippen molar-refractivity contribution >= 4 is 23.9 Å². The molecular weight excluding hydrogens is 268 g/mol. The van der Waals surface area contributed by atoms with Gasteiger partial charge >= 0.3 is 0 Å². The molecular formula is C13H15ClN2O3. The topological polar surface area (TPSA) is 49.9 Å². The molecule has 0 spiro atoms. The van der Waals surface area contributed by atoms with Gasteiger partial charge in [-0.3, -0.25) is 9.59 Å². The molecule has 0 unspecified atom stereocenters. The molecule has 0 radical (unpaired) electrons. The number of amides is 2. The van der Waals surface area contributed by atoms with E-state index in [0.29, 0.717) is 37.0 Å². The Hall–Kier alpha value is -1.75. The van der Waals surface area contributed by atoms with E-state index in [1.54, 1.807) is 34.1 Å². The van der Waals surface area contributed by atoms with Gasteiger partial charge in [0, 0.05) is 26.2 Å². The zero-order valence-electron chi connectivity index (χ0n) is 10.4. The molecule has 19 heavy (non-hydrogen) atoms. The Bertz CT molecular complexity index is 459. The van der Waals surface area contributed by atoms with Gasteiger partial charge in [-0.1, -0.05) is 23.7 Å². The van der Waals surface area contributed by atoms with Crippen molar-refractivity contribution in [2.45, 2.75) is 0 Å². The van der Waals surface area contributed by atoms with Crippen LogP contribution in [0.5, 0.6) is 5.75 Å². The quantitative estimate of drug-likeness (QED) is 0.775. The van der Waals surface area contributed by atoms with Crippen molar-refractivity contribution in [3.05, 3.63) is 29.3 Å². The van der Waals surface area contributed by atoms with Gasteiger partial charge in [0.25, 0.3) is 5.91 Å². The number of benzene rings is 1. The minimum Gasteiger partial charge on any atom is -0.482 e. The van der Waals surface area contributed by atoms with Crippen LogP contribution in [0.4, 0.5) is 0 Å². The monoisotopic (exact) mass is 282 g/mol. The Balaban J connectivity index is 1.82. The first-order valence-electron chi connectivity index (χ1n) is 6.05. The van der Waals surface area contributed by atoms with Gasteiger partial charge in [-0.25, -0.2) is 0 Å². The zero-order valence-corrected chi connectivity index (χ0v) is 11.2. The van der Waals surface area contributed by atoms with Crippen LogP contribution in [0.2, 0.25) is 5.02 Å². The van der Waals surface area contributed by atoms with Gasteiger partial charge in [-0.05, 0) is 12.1 Å². The van der Waals surface area contributed by atoms with Gasteiger partial charge < -0.3 is 14.5 Å². The number of ether oxygens (including phenoxy) is 1. The number of carbonyl (C=O) groups is 2. The summed E-state index contributed by atoms with van der Waals surface area (Å²) in [6.07, 6.45) is 0.808. The SMILES string of the molecule is O=CN1CCN(C(=O)COc2ccccc2Cl)CC1. The number of hydrogen-bond acceptors (Lipinski definition) is 3. The summed E-state index contributed by atoms with van der Waals surface area (Å²) >= 11 is 5.94. The number of hydrogen-bond donors (Lipinski definition) is 0. The summed E-state index contributed by atoms with van der Waals surface area (Å²) in [7, 11) is 0. The van der Waals surface area contributed by atoms with Crippen molar-refractivity contribution in [3.8, 4) is 5.75 Å². The highest BCUT2D eigenvalue weighted by molar-refractivity contribution is 6.32. The lowest BCUT2D eigenvalue weighted by Crippen LogP contribution is -2.49. The van der Waals surface area contributed by atoms with Crippen LogP contribution in [0.1, 0.15) is 0 Å². The Morgan fingerprint density at radius 2 is 1.95 bits per heavy atom. The maximum atomic E-state index is 11.9. The van der Waals surface area contributed by atoms with E-state index in [-0.39, 0.29) is 12.5 Å². The van der Waals surface area contributed by atoms with E-state index in [1.807, 2.05) is 0 Å². The van der Waals surface area contributed by atoms with Crippen molar-refractivity contribution in [3.63, 3.8) is 0 Å². The highest BCUT2D eigenvalue weighted by Crippen LogP contribution is 2.22. The lowest BCUT2D eigenvalue weighted by atomic mass is 10.3. The van der Waals surface area contributed by atoms with E-state index in [1.165, 1.54) is 0 Å². The van der Waals surface area contributed by atoms with Crippen LogP contribution >= 0.6 is 11.6 Å². The second kappa shape index (κ2) is 6.43. The lowest BCUT2D eigenvalue weighted by molar-refractivity contribution is -0.137. The Kier molecular flexibility index (Phi) is 4.63. The van der Waals surface area contributed by atoms with E-state index < -0.39 is 0 Å². The number of nitrogens with zero attached hydrogens (tertiary/aromatic N) is 2. The van der Waals surface area contributed by atoms with E-state index in [9.17, 15) is 9.59 Å². The van der Waals surface area contributed by atoms with E-state index in [4.69, 9.17) is 16.3 Å². The van der Waals surface area contributed by atoms with Crippen LogP contribution < -0.4 is 4.74 Å². The molecule has 1 saturated heterocycles. The fraction of sp³-hybridized carbons (Fsp3) is 0.385. The van der Waals surface area contributed by atoms with Crippen molar-refractivity contribution in [1.29, 1.82) is 0 Å². The molecule has 1 aliphatic heterocycles. The van der Waals surface area contributed by atoms with Crippen molar-refractivity contribution in [1.82, 2.24) is 9.80 Å². The summed E-state index contributed by atoms with van der Waals surface area (Å²) in [5.41, 5.74) is 0. The highest BCUT2D eigenvalue weighted by Gasteiger charge is 2.20. The number of para-hydroxylation sites is 1. The molecule has 6 heteroatoms. The van der Waals surface area contributed by atoms with Crippen LogP contribution in [0.25, 0.3) is 0 Å². The van der Waals surface area contributed by atoms with Crippen LogP contribution in [-0.4, -0.2) is 54.9 Å². The summed E-state index contributed by atoms with van der Waals surface area (Å²) in [6.45, 7) is 2.19. The largest absolute Gasteiger partial charge is 0.482 e. The maximum Gasteiger partial charge on any atom is 0.260 e. The van der Waals surface area contributed by atoms with Crippen molar-refractivity contribution < 1.29 is 14.3 Å². The maximum absolute atomic E-state index is 11.9. The first-order chi connectivity index (χ1) is 9.20. The second-order valence-electron chi connectivity index (χ2n) is 4.24. The lowest BCUT2D eigenvalue weighted by Gasteiger charge is -2.32. The second-order valence-corrected chi connectivity index (χ2v) is 4.65. The van der Waals surface area contributed by atoms with Crippen LogP contribution in [0.3, 0.4) is 0 Å². The Morgan fingerprint density at radius 3 is 2.58 bits per heavy atom. The fourth-order valence-electron chi connectivity index (χ4n) is 1.87. The molecule has 0 N–H and O–H groups in total. The van der Waals surface area contributed by atoms with Crippen LogP contribution in [0, 0.1) is 0 Å². The molecule has 0 atom stereocenters. The molecule has 0 saturated carbocycles. The molecule has 0 aliphatic carbocycles. The molecule has 102 valence electrons. The number of carbonyl (C=O) groups excluding carboxylic acids is 2. The summed E-state index contributed by atoms with van der Waals surface area (Å²) in [5.74, 6) is 0.412. The summed E-state index contributed by atoms with van der Waals surface area (Å²) < 4.78 is 5.40. The molecule has 1 aromatic rings. The molecule has 1 aromatic carbocycles. The Morgan fingerprint density at radius 1 is 1.26 bits per heavy atom. The third-order valence-corrected chi connectivity index (χ3v) is 3.32. The minimum absolute atomic E-state index is 0.0369. The molecule has 1 aliphatic rings. The number of piperazine rings is 1. The van der Waals surface area contributed by atoms with Gasteiger partial charge in [0.1, 0.15) is 5.75 Å². The summed E-state index contributed by atoms with van der Waals surface area (Å²) in [6, 6.07) is 7.04. The summed E-state index contributed by atoms with van der Waals surface area (Å²) in [4.78, 5) is 25.8. The number of rotatable bonds is 4. The molecule has 5 nitrogen and oxygen atoms in total. The standard InChI is InChI=1S/C13H15ClN2O3/c14-11-3-1-2-4-12(11)19-9-13(18)16-7-5-15(10-17)6-8-16/h1-4,10H,5-9H2. The molecule has 2 rings (SSSR count). The zero-order chi connectivity index (χ0) is 13.7. The predicted molar refractivity (Wildman–Crippen MR) is 71.2 cm³/mol. The van der Waals surface area contributed by atoms with Gasteiger partial charge in [0.15, 0.2) is 6.61 Å². The first kappa shape index (κ1) is 13.7. The van der Waals surface area contributed by atoms with Crippen LogP contribution in [0.15, 0.2) is 24.3 Å². The van der Waals surface area contributed by atoms with E-state index in [2.05, 4.69) is 0 Å². The van der Waals surface area contributed by atoms with Crippen molar-refractivity contribution in [2.75, 3.05) is 32.8 Å². The van der Waals surface area contributed by atoms with Crippen LogP contribution in [-0.2, 0) is 9.59 Å². The number of halogens is 1. The van der Waals surface area contributed by atoms with Crippen molar-refractivity contribution in [2.24, 2.45) is 0 Å². The average molecular weight is 283 g/mol. The smallest absolute Gasteiger partial charge is 0.260 e. The Labute approximate surface area is 116 Å². The van der Waals surface area contributed by atoms with Gasteiger partial charge in [0.05, 0.1) is 5.02 Å². The van der Waals surface area contributed by atoms with E-state index >= 15 is 0 Å². The van der Waals surface area contributed by atoms with E-state index in [0.717, 1.165) is 6.41 Å². The van der Waals surface area contributed by atoms with Gasteiger partial charge in [-0.15, -0.1) is 0 Å². The molecule has 0 aromatic heterocycles. The first-order valence-corrected chi connectivity index (χ1v) is 6.43. The predicted octanol–water partition coefficient (Wildman–Crippen LogP) is 1.02. The van der Waals surface area contributed by atoms with Gasteiger partial charge in [-0.2, -0.15) is 0 Å². The third-order valence-electron chi connectivity index (χ3n) is 3.00. The highest BCUT2D eigenvalue weighted by atomic mass is 35.5.